The Morgan fingerprint density at radius 2 is 1.69 bits per heavy atom. The van der Waals surface area contributed by atoms with Gasteiger partial charge in [-0.25, -0.2) is 0 Å². The molecule has 3 heteroatoms. The zero-order chi connectivity index (χ0) is 11.6. The van der Waals surface area contributed by atoms with E-state index in [-0.39, 0.29) is 0 Å². The maximum absolute atomic E-state index is 5.81. The van der Waals surface area contributed by atoms with Crippen LogP contribution in [0.3, 0.4) is 0 Å². The molecular formula is C13H21ClN2. The minimum absolute atomic E-state index is 0.797. The van der Waals surface area contributed by atoms with Crippen LogP contribution in [0, 0.1) is 0 Å². The van der Waals surface area contributed by atoms with Gasteiger partial charge in [-0.15, -0.1) is 0 Å². The van der Waals surface area contributed by atoms with Crippen molar-refractivity contribution in [3.05, 3.63) is 34.9 Å². The standard InChI is InChI=1S/C13H21ClN2/c14-13-7-5-12(6-8-13)11-16-10-4-2-1-3-9-15/h5-8,16H,1-4,9-11,15H2. The highest BCUT2D eigenvalue weighted by molar-refractivity contribution is 6.30. The Bertz CT molecular complexity index is 272. The molecule has 0 saturated heterocycles. The van der Waals surface area contributed by atoms with Crippen LogP contribution in [-0.4, -0.2) is 13.1 Å². The third-order valence-corrected chi connectivity index (χ3v) is 2.80. The molecule has 0 aliphatic rings. The summed E-state index contributed by atoms with van der Waals surface area (Å²) >= 11 is 5.81. The Morgan fingerprint density at radius 1 is 1.00 bits per heavy atom. The largest absolute Gasteiger partial charge is 0.330 e. The molecule has 0 aliphatic carbocycles. The topological polar surface area (TPSA) is 38.0 Å². The summed E-state index contributed by atoms with van der Waals surface area (Å²) < 4.78 is 0. The van der Waals surface area contributed by atoms with E-state index in [1.165, 1.54) is 24.8 Å². The summed E-state index contributed by atoms with van der Waals surface area (Å²) in [6, 6.07) is 7.98. The minimum Gasteiger partial charge on any atom is -0.330 e. The predicted octanol–water partition coefficient (Wildman–Crippen LogP) is 2.95. The number of nitrogens with two attached hydrogens (primary N) is 1. The van der Waals surface area contributed by atoms with E-state index in [0.29, 0.717) is 0 Å². The monoisotopic (exact) mass is 240 g/mol. The quantitative estimate of drug-likeness (QED) is 0.686. The third kappa shape index (κ3) is 6.11. The molecule has 2 nitrogen and oxygen atoms in total. The number of hydrogen-bond acceptors (Lipinski definition) is 2. The lowest BCUT2D eigenvalue weighted by Gasteiger charge is -2.04. The van der Waals surface area contributed by atoms with E-state index in [0.717, 1.165) is 31.1 Å². The first kappa shape index (κ1) is 13.5. The van der Waals surface area contributed by atoms with Crippen molar-refractivity contribution in [3.63, 3.8) is 0 Å². The van der Waals surface area contributed by atoms with Crippen LogP contribution >= 0.6 is 11.6 Å². The SMILES string of the molecule is NCCCCCCNCc1ccc(Cl)cc1. The van der Waals surface area contributed by atoms with Gasteiger partial charge >= 0.3 is 0 Å². The minimum atomic E-state index is 0.797. The van der Waals surface area contributed by atoms with Crippen molar-refractivity contribution in [1.82, 2.24) is 5.32 Å². The summed E-state index contributed by atoms with van der Waals surface area (Å²) in [6.07, 6.45) is 4.90. The fourth-order valence-corrected chi connectivity index (χ4v) is 1.71. The maximum Gasteiger partial charge on any atom is 0.0406 e. The van der Waals surface area contributed by atoms with Gasteiger partial charge in [0.25, 0.3) is 0 Å². The summed E-state index contributed by atoms with van der Waals surface area (Å²) in [5, 5.41) is 4.22. The van der Waals surface area contributed by atoms with Gasteiger partial charge < -0.3 is 11.1 Å². The van der Waals surface area contributed by atoms with Crippen molar-refractivity contribution in [2.75, 3.05) is 13.1 Å². The van der Waals surface area contributed by atoms with Crippen LogP contribution in [0.2, 0.25) is 5.02 Å². The average Bonchev–Trinajstić information content (AvgIpc) is 2.30. The second-order valence-corrected chi connectivity index (χ2v) is 4.44. The van der Waals surface area contributed by atoms with Crippen LogP contribution in [0.4, 0.5) is 0 Å². The number of nitrogens with one attached hydrogen (secondary N) is 1. The first-order valence-electron chi connectivity index (χ1n) is 5.98. The van der Waals surface area contributed by atoms with Gasteiger partial charge in [-0.2, -0.15) is 0 Å². The fraction of sp³-hybridized carbons (Fsp3) is 0.538. The molecule has 1 aromatic carbocycles. The van der Waals surface area contributed by atoms with Gasteiger partial charge in [-0.05, 0) is 43.6 Å². The van der Waals surface area contributed by atoms with E-state index in [9.17, 15) is 0 Å². The van der Waals surface area contributed by atoms with E-state index < -0.39 is 0 Å². The first-order valence-corrected chi connectivity index (χ1v) is 6.36. The number of halogens is 1. The lowest BCUT2D eigenvalue weighted by atomic mass is 10.2. The zero-order valence-electron chi connectivity index (χ0n) is 9.71. The summed E-state index contributed by atoms with van der Waals surface area (Å²) in [4.78, 5) is 0. The van der Waals surface area contributed by atoms with Crippen LogP contribution in [0.15, 0.2) is 24.3 Å². The number of hydrogen-bond donors (Lipinski definition) is 2. The van der Waals surface area contributed by atoms with Crippen molar-refractivity contribution in [2.45, 2.75) is 32.2 Å². The Morgan fingerprint density at radius 3 is 2.38 bits per heavy atom. The van der Waals surface area contributed by atoms with E-state index in [4.69, 9.17) is 17.3 Å². The van der Waals surface area contributed by atoms with E-state index >= 15 is 0 Å². The van der Waals surface area contributed by atoms with Gasteiger partial charge in [0.05, 0.1) is 0 Å². The number of benzene rings is 1. The van der Waals surface area contributed by atoms with Crippen molar-refractivity contribution >= 4 is 11.6 Å². The van der Waals surface area contributed by atoms with Gasteiger partial charge in [-0.1, -0.05) is 36.6 Å². The maximum atomic E-state index is 5.81. The summed E-state index contributed by atoms with van der Waals surface area (Å²) in [7, 11) is 0. The molecule has 16 heavy (non-hydrogen) atoms. The molecule has 0 atom stereocenters. The Kier molecular flexibility index (Phi) is 7.23. The molecule has 90 valence electrons. The third-order valence-electron chi connectivity index (χ3n) is 2.55. The van der Waals surface area contributed by atoms with Gasteiger partial charge in [0.2, 0.25) is 0 Å². The average molecular weight is 241 g/mol. The first-order chi connectivity index (χ1) is 7.83. The highest BCUT2D eigenvalue weighted by atomic mass is 35.5. The molecular weight excluding hydrogens is 220 g/mol. The molecule has 1 rings (SSSR count). The van der Waals surface area contributed by atoms with Crippen molar-refractivity contribution in [3.8, 4) is 0 Å². The van der Waals surface area contributed by atoms with Crippen molar-refractivity contribution in [1.29, 1.82) is 0 Å². The molecule has 0 heterocycles. The molecule has 1 aromatic rings. The van der Waals surface area contributed by atoms with Crippen molar-refractivity contribution in [2.24, 2.45) is 5.73 Å². The molecule has 0 amide bonds. The molecule has 0 aliphatic heterocycles. The van der Waals surface area contributed by atoms with Crippen LogP contribution in [-0.2, 0) is 6.54 Å². The second kappa shape index (κ2) is 8.57. The molecule has 0 unspecified atom stereocenters. The van der Waals surface area contributed by atoms with E-state index in [2.05, 4.69) is 17.4 Å². The second-order valence-electron chi connectivity index (χ2n) is 4.01. The lowest BCUT2D eigenvalue weighted by Crippen LogP contribution is -2.14. The molecule has 3 N–H and O–H groups in total. The van der Waals surface area contributed by atoms with Crippen LogP contribution in [0.1, 0.15) is 31.2 Å². The zero-order valence-corrected chi connectivity index (χ0v) is 10.5. The molecule has 0 bridgehead atoms. The molecule has 0 aromatic heterocycles. The summed E-state index contributed by atoms with van der Waals surface area (Å²) in [6.45, 7) is 2.82. The van der Waals surface area contributed by atoms with Crippen LogP contribution < -0.4 is 11.1 Å². The highest BCUT2D eigenvalue weighted by Crippen LogP contribution is 2.09. The van der Waals surface area contributed by atoms with E-state index in [1.54, 1.807) is 0 Å². The summed E-state index contributed by atoms with van der Waals surface area (Å²) in [5.74, 6) is 0. The van der Waals surface area contributed by atoms with Crippen LogP contribution in [0.5, 0.6) is 0 Å². The fourth-order valence-electron chi connectivity index (χ4n) is 1.58. The Balaban J connectivity index is 2.01. The van der Waals surface area contributed by atoms with Gasteiger partial charge in [0, 0.05) is 11.6 Å². The Labute approximate surface area is 103 Å². The smallest absolute Gasteiger partial charge is 0.0406 e. The predicted molar refractivity (Wildman–Crippen MR) is 70.7 cm³/mol. The van der Waals surface area contributed by atoms with E-state index in [1.807, 2.05) is 12.1 Å². The van der Waals surface area contributed by atoms with Gasteiger partial charge in [0.15, 0.2) is 0 Å². The molecule has 0 radical (unpaired) electrons. The molecule has 0 saturated carbocycles. The van der Waals surface area contributed by atoms with Crippen molar-refractivity contribution < 1.29 is 0 Å². The van der Waals surface area contributed by atoms with Crippen LogP contribution in [0.25, 0.3) is 0 Å². The Hall–Kier alpha value is -0.570. The molecule has 0 spiro atoms. The number of rotatable bonds is 8. The van der Waals surface area contributed by atoms with Gasteiger partial charge in [-0.3, -0.25) is 0 Å². The molecule has 0 fully saturated rings. The van der Waals surface area contributed by atoms with Gasteiger partial charge in [0.1, 0.15) is 0 Å². The normalized spacial score (nSPS) is 10.6. The highest BCUT2D eigenvalue weighted by Gasteiger charge is 1.93. The summed E-state index contributed by atoms with van der Waals surface area (Å²) in [5.41, 5.74) is 6.71. The number of unbranched alkanes of at least 4 members (excludes halogenated alkanes) is 3. The lowest BCUT2D eigenvalue weighted by molar-refractivity contribution is 0.590.